The van der Waals surface area contributed by atoms with Crippen LogP contribution in [0.3, 0.4) is 0 Å². The Bertz CT molecular complexity index is 529. The molecule has 2 fully saturated rings. The highest BCUT2D eigenvalue weighted by molar-refractivity contribution is 6.49. The van der Waals surface area contributed by atoms with Gasteiger partial charge in [0, 0.05) is 5.82 Å². The molecule has 2 nitrogen and oxygen atoms in total. The molecule has 0 aromatic heterocycles. The molecule has 0 bridgehead atoms. The molecule has 0 amide bonds. The highest BCUT2D eigenvalue weighted by Gasteiger charge is 2.59. The molecule has 5 heteroatoms. The van der Waals surface area contributed by atoms with Crippen molar-refractivity contribution in [3.63, 3.8) is 0 Å². The molecule has 1 saturated heterocycles. The smallest absolute Gasteiger partial charge is 0.403 e. The van der Waals surface area contributed by atoms with Gasteiger partial charge < -0.3 is 9.31 Å². The Balaban J connectivity index is 1.72. The van der Waals surface area contributed by atoms with E-state index in [-0.39, 0.29) is 30.1 Å². The summed E-state index contributed by atoms with van der Waals surface area (Å²) in [6.45, 7) is 8.06. The average Bonchev–Trinajstić information content (AvgIpc) is 3.07. The van der Waals surface area contributed by atoms with Crippen molar-refractivity contribution in [3.05, 3.63) is 35.4 Å². The lowest BCUT2D eigenvalue weighted by Gasteiger charge is -2.32. The Kier molecular flexibility index (Phi) is 3.00. The Morgan fingerprint density at radius 2 is 1.65 bits per heavy atom. The van der Waals surface area contributed by atoms with Crippen molar-refractivity contribution in [2.75, 3.05) is 0 Å². The summed E-state index contributed by atoms with van der Waals surface area (Å²) in [4.78, 5) is 0. The summed E-state index contributed by atoms with van der Waals surface area (Å²) in [6, 6.07) is 4.11. The number of hydrogen-bond acceptors (Lipinski definition) is 2. The summed E-state index contributed by atoms with van der Waals surface area (Å²) in [5.74, 6) is -1.18. The van der Waals surface area contributed by atoms with E-state index >= 15 is 0 Å². The zero-order chi connectivity index (χ0) is 14.7. The molecule has 1 aliphatic carbocycles. The van der Waals surface area contributed by atoms with E-state index < -0.39 is 11.6 Å². The van der Waals surface area contributed by atoms with Crippen LogP contribution in [0.5, 0.6) is 0 Å². The first kappa shape index (κ1) is 14.0. The topological polar surface area (TPSA) is 18.5 Å². The maximum atomic E-state index is 13.3. The van der Waals surface area contributed by atoms with Crippen molar-refractivity contribution in [2.24, 2.45) is 0 Å². The van der Waals surface area contributed by atoms with Gasteiger partial charge in [-0.25, -0.2) is 8.78 Å². The van der Waals surface area contributed by atoms with Gasteiger partial charge in [0.1, 0.15) is 0 Å². The van der Waals surface area contributed by atoms with Gasteiger partial charge in [-0.2, -0.15) is 0 Å². The van der Waals surface area contributed by atoms with Crippen LogP contribution in [0, 0.1) is 11.6 Å². The highest BCUT2D eigenvalue weighted by Crippen LogP contribution is 2.58. The normalized spacial score (nSPS) is 30.6. The van der Waals surface area contributed by atoms with E-state index in [4.69, 9.17) is 9.31 Å². The molecular weight excluding hydrogens is 261 g/mol. The molecule has 0 N–H and O–H groups in total. The second-order valence-electron chi connectivity index (χ2n) is 6.80. The largest absolute Gasteiger partial charge is 0.461 e. The van der Waals surface area contributed by atoms with Crippen molar-refractivity contribution in [3.8, 4) is 0 Å². The highest BCUT2D eigenvalue weighted by atomic mass is 19.2. The van der Waals surface area contributed by atoms with E-state index in [1.807, 2.05) is 27.7 Å². The predicted octanol–water partition coefficient (Wildman–Crippen LogP) is 3.91. The van der Waals surface area contributed by atoms with Crippen molar-refractivity contribution in [1.29, 1.82) is 0 Å². The first-order chi connectivity index (χ1) is 9.21. The summed E-state index contributed by atoms with van der Waals surface area (Å²) in [6.07, 6.45) is 0.891. The second kappa shape index (κ2) is 4.28. The van der Waals surface area contributed by atoms with Gasteiger partial charge in [0.2, 0.25) is 0 Å². The van der Waals surface area contributed by atoms with Crippen molar-refractivity contribution in [2.45, 2.75) is 57.1 Å². The van der Waals surface area contributed by atoms with E-state index in [1.165, 1.54) is 12.1 Å². The van der Waals surface area contributed by atoms with Gasteiger partial charge in [0.25, 0.3) is 0 Å². The quantitative estimate of drug-likeness (QED) is 0.764. The fraction of sp³-hybridized carbons (Fsp3) is 0.600. The lowest BCUT2D eigenvalue weighted by atomic mass is 9.79. The first-order valence-electron chi connectivity index (χ1n) is 7.02. The van der Waals surface area contributed by atoms with E-state index in [9.17, 15) is 8.78 Å². The van der Waals surface area contributed by atoms with Gasteiger partial charge in [-0.3, -0.25) is 0 Å². The van der Waals surface area contributed by atoms with Crippen LogP contribution < -0.4 is 0 Å². The third-order valence-corrected chi connectivity index (χ3v) is 4.83. The van der Waals surface area contributed by atoms with Gasteiger partial charge in [0.05, 0.1) is 11.2 Å². The van der Waals surface area contributed by atoms with Crippen molar-refractivity contribution >= 4 is 7.12 Å². The van der Waals surface area contributed by atoms with Gasteiger partial charge >= 0.3 is 7.12 Å². The van der Waals surface area contributed by atoms with Crippen molar-refractivity contribution < 1.29 is 18.1 Å². The Morgan fingerprint density at radius 3 is 2.20 bits per heavy atom. The number of rotatable bonds is 2. The van der Waals surface area contributed by atoms with E-state index in [1.54, 1.807) is 6.07 Å². The lowest BCUT2D eigenvalue weighted by Crippen LogP contribution is -2.41. The molecule has 0 radical (unpaired) electrons. The minimum atomic E-state index is -0.804. The molecule has 1 aromatic rings. The molecule has 3 rings (SSSR count). The molecule has 0 spiro atoms. The zero-order valence-corrected chi connectivity index (χ0v) is 12.2. The maximum absolute atomic E-state index is 13.3. The second-order valence-corrected chi connectivity index (χ2v) is 6.80. The summed E-state index contributed by atoms with van der Waals surface area (Å²) >= 11 is 0. The Labute approximate surface area is 118 Å². The summed E-state index contributed by atoms with van der Waals surface area (Å²) < 4.78 is 38.2. The van der Waals surface area contributed by atoms with Crippen LogP contribution in [-0.4, -0.2) is 18.3 Å². The molecule has 1 heterocycles. The van der Waals surface area contributed by atoms with E-state index in [0.29, 0.717) is 0 Å². The predicted molar refractivity (Wildman–Crippen MR) is 73.5 cm³/mol. The van der Waals surface area contributed by atoms with Crippen molar-refractivity contribution in [1.82, 2.24) is 0 Å². The third-order valence-electron chi connectivity index (χ3n) is 4.83. The van der Waals surface area contributed by atoms with E-state index in [2.05, 4.69) is 0 Å². The Hall–Kier alpha value is -0.935. The molecule has 1 saturated carbocycles. The van der Waals surface area contributed by atoms with Crippen LogP contribution in [0.25, 0.3) is 0 Å². The number of benzene rings is 1. The molecule has 0 unspecified atom stereocenters. The minimum Gasteiger partial charge on any atom is -0.403 e. The third kappa shape index (κ3) is 2.17. The van der Waals surface area contributed by atoms with Gasteiger partial charge in [-0.15, -0.1) is 0 Å². The monoisotopic (exact) mass is 280 g/mol. The fourth-order valence-corrected chi connectivity index (χ4v) is 2.71. The first-order valence-corrected chi connectivity index (χ1v) is 7.02. The standard InChI is InChI=1S/C15H19BF2O2/c1-14(2)15(3,4)20-16(19-14)11-8-10(11)9-5-6-12(17)13(18)7-9/h5-7,10-11H,8H2,1-4H3/t10-,11+/m1/s1. The summed E-state index contributed by atoms with van der Waals surface area (Å²) in [7, 11) is -0.266. The molecule has 108 valence electrons. The molecule has 2 atom stereocenters. The van der Waals surface area contributed by atoms with Crippen LogP contribution in [0.2, 0.25) is 5.82 Å². The minimum absolute atomic E-state index is 0.194. The number of halogens is 2. The van der Waals surface area contributed by atoms with E-state index in [0.717, 1.165) is 12.0 Å². The number of hydrogen-bond donors (Lipinski definition) is 0. The van der Waals surface area contributed by atoms with Crippen LogP contribution in [0.15, 0.2) is 18.2 Å². The zero-order valence-electron chi connectivity index (χ0n) is 12.2. The lowest BCUT2D eigenvalue weighted by molar-refractivity contribution is 0.00578. The average molecular weight is 280 g/mol. The summed E-state index contributed by atoms with van der Waals surface area (Å²) in [5, 5.41) is 0. The Morgan fingerprint density at radius 1 is 1.05 bits per heavy atom. The van der Waals surface area contributed by atoms with Gasteiger partial charge in [-0.05, 0) is 57.7 Å². The van der Waals surface area contributed by atoms with Crippen LogP contribution >= 0.6 is 0 Å². The van der Waals surface area contributed by atoms with Crippen LogP contribution in [0.1, 0.15) is 45.6 Å². The molecular formula is C15H19BF2O2. The molecule has 2 aliphatic rings. The van der Waals surface area contributed by atoms with Crippen LogP contribution in [0.4, 0.5) is 8.78 Å². The van der Waals surface area contributed by atoms with Gasteiger partial charge in [0.15, 0.2) is 11.6 Å². The van der Waals surface area contributed by atoms with Gasteiger partial charge in [-0.1, -0.05) is 6.07 Å². The van der Waals surface area contributed by atoms with Crippen LogP contribution in [-0.2, 0) is 9.31 Å². The molecule has 1 aliphatic heterocycles. The maximum Gasteiger partial charge on any atom is 0.461 e. The SMILES string of the molecule is CC1(C)OB([C@H]2C[C@@H]2c2ccc(F)c(F)c2)OC1(C)C. The molecule has 20 heavy (non-hydrogen) atoms. The fourth-order valence-electron chi connectivity index (χ4n) is 2.71. The summed E-state index contributed by atoms with van der Waals surface area (Å²) in [5.41, 5.74) is 0.126. The molecule has 1 aromatic carbocycles.